The van der Waals surface area contributed by atoms with Crippen molar-refractivity contribution in [2.24, 2.45) is 0 Å². The Bertz CT molecular complexity index is 285. The second-order valence-electron chi connectivity index (χ2n) is 2.97. The summed E-state index contributed by atoms with van der Waals surface area (Å²) in [5.41, 5.74) is 4.07. The number of rotatable bonds is 0. The lowest BCUT2D eigenvalue weighted by atomic mass is 9.91. The van der Waals surface area contributed by atoms with Crippen LogP contribution in [0.3, 0.4) is 0 Å². The number of hydrogen-bond acceptors (Lipinski definition) is 0. The smallest absolute Gasteiger partial charge is 0.00871 e. The molecule has 0 heteroatoms. The SMILES string of the molecule is CC1=CC2=CCC=CC2=C[CH]1. The monoisotopic (exact) mass is 143 g/mol. The molecule has 0 amide bonds. The molecular weight excluding hydrogens is 132 g/mol. The predicted octanol–water partition coefficient (Wildman–Crippen LogP) is 2.96. The third-order valence-electron chi connectivity index (χ3n) is 2.01. The van der Waals surface area contributed by atoms with Gasteiger partial charge < -0.3 is 0 Å². The largest absolute Gasteiger partial charge is 0.0801 e. The molecule has 0 nitrogen and oxygen atoms in total. The van der Waals surface area contributed by atoms with Gasteiger partial charge in [0.25, 0.3) is 0 Å². The van der Waals surface area contributed by atoms with E-state index in [-0.39, 0.29) is 0 Å². The Hall–Kier alpha value is -1.04. The molecule has 0 aliphatic heterocycles. The summed E-state index contributed by atoms with van der Waals surface area (Å²) in [6, 6.07) is 0. The molecule has 0 aromatic rings. The van der Waals surface area contributed by atoms with Crippen LogP contribution in [0, 0.1) is 6.42 Å². The first-order valence-electron chi connectivity index (χ1n) is 3.97. The lowest BCUT2D eigenvalue weighted by molar-refractivity contribution is 1.25. The second kappa shape index (κ2) is 2.54. The number of allylic oxidation sites excluding steroid dienone is 8. The van der Waals surface area contributed by atoms with Crippen LogP contribution in [-0.4, -0.2) is 0 Å². The lowest BCUT2D eigenvalue weighted by Crippen LogP contribution is -1.95. The van der Waals surface area contributed by atoms with Gasteiger partial charge in [0.1, 0.15) is 0 Å². The minimum Gasteiger partial charge on any atom is -0.0801 e. The molecular formula is C11H11. The van der Waals surface area contributed by atoms with E-state index < -0.39 is 0 Å². The van der Waals surface area contributed by atoms with E-state index in [4.69, 9.17) is 0 Å². The molecule has 0 spiro atoms. The summed E-state index contributed by atoms with van der Waals surface area (Å²) in [6.07, 6.45) is 14.3. The molecule has 0 bridgehead atoms. The standard InChI is InChI=1S/C11H11/c1-9-6-7-10-4-2-3-5-11(10)8-9/h2,4-8H,3H2,1H3. The molecule has 0 heterocycles. The van der Waals surface area contributed by atoms with Crippen LogP contribution in [-0.2, 0) is 0 Å². The minimum absolute atomic E-state index is 1.08. The number of hydrogen-bond donors (Lipinski definition) is 0. The molecule has 0 aromatic heterocycles. The molecule has 1 radical (unpaired) electrons. The molecule has 0 saturated carbocycles. The fourth-order valence-electron chi connectivity index (χ4n) is 1.41. The molecule has 0 atom stereocenters. The molecule has 2 rings (SSSR count). The fraction of sp³-hybridized carbons (Fsp3) is 0.182. The Morgan fingerprint density at radius 2 is 2.18 bits per heavy atom. The Kier molecular flexibility index (Phi) is 1.54. The summed E-state index contributed by atoms with van der Waals surface area (Å²) in [7, 11) is 0. The normalized spacial score (nSPS) is 21.7. The molecule has 0 aromatic carbocycles. The van der Waals surface area contributed by atoms with Gasteiger partial charge in [-0.25, -0.2) is 0 Å². The van der Waals surface area contributed by atoms with E-state index in [1.807, 2.05) is 0 Å². The van der Waals surface area contributed by atoms with Crippen molar-refractivity contribution in [1.29, 1.82) is 0 Å². The topological polar surface area (TPSA) is 0 Å². The van der Waals surface area contributed by atoms with Crippen LogP contribution in [0.15, 0.2) is 47.1 Å². The van der Waals surface area contributed by atoms with Gasteiger partial charge in [-0.05, 0) is 24.5 Å². The van der Waals surface area contributed by atoms with Gasteiger partial charge in [0.2, 0.25) is 0 Å². The Labute approximate surface area is 67.6 Å². The van der Waals surface area contributed by atoms with Crippen molar-refractivity contribution in [3.05, 3.63) is 53.5 Å². The average Bonchev–Trinajstić information content (AvgIpc) is 2.04. The molecule has 0 saturated heterocycles. The van der Waals surface area contributed by atoms with Crippen LogP contribution in [0.1, 0.15) is 13.3 Å². The molecule has 11 heavy (non-hydrogen) atoms. The zero-order valence-corrected chi connectivity index (χ0v) is 6.67. The quantitative estimate of drug-likeness (QED) is 0.489. The maximum Gasteiger partial charge on any atom is 0.00871 e. The predicted molar refractivity (Wildman–Crippen MR) is 48.0 cm³/mol. The van der Waals surface area contributed by atoms with Crippen molar-refractivity contribution in [3.63, 3.8) is 0 Å². The van der Waals surface area contributed by atoms with Crippen LogP contribution in [0.5, 0.6) is 0 Å². The van der Waals surface area contributed by atoms with E-state index in [2.05, 4.69) is 43.7 Å². The first-order chi connectivity index (χ1) is 5.36. The molecule has 2 aliphatic carbocycles. The summed E-state index contributed by atoms with van der Waals surface area (Å²) in [4.78, 5) is 0. The van der Waals surface area contributed by atoms with E-state index in [1.54, 1.807) is 0 Å². The van der Waals surface area contributed by atoms with Gasteiger partial charge in [-0.15, -0.1) is 0 Å². The van der Waals surface area contributed by atoms with Gasteiger partial charge in [0.05, 0.1) is 0 Å². The highest BCUT2D eigenvalue weighted by Crippen LogP contribution is 2.25. The van der Waals surface area contributed by atoms with Gasteiger partial charge in [-0.2, -0.15) is 0 Å². The molecule has 0 unspecified atom stereocenters. The summed E-state index contributed by atoms with van der Waals surface area (Å²) >= 11 is 0. The van der Waals surface area contributed by atoms with Gasteiger partial charge in [0.15, 0.2) is 0 Å². The van der Waals surface area contributed by atoms with Crippen LogP contribution in [0.2, 0.25) is 0 Å². The third kappa shape index (κ3) is 1.21. The molecule has 55 valence electrons. The zero-order chi connectivity index (χ0) is 7.68. The molecule has 0 fully saturated rings. The van der Waals surface area contributed by atoms with Crippen molar-refractivity contribution in [2.45, 2.75) is 13.3 Å². The average molecular weight is 143 g/mol. The van der Waals surface area contributed by atoms with Crippen LogP contribution in [0.4, 0.5) is 0 Å². The first-order valence-corrected chi connectivity index (χ1v) is 3.97. The van der Waals surface area contributed by atoms with Gasteiger partial charge in [0, 0.05) is 6.42 Å². The Morgan fingerprint density at radius 1 is 1.27 bits per heavy atom. The maximum absolute atomic E-state index is 2.27. The maximum atomic E-state index is 2.27. The first kappa shape index (κ1) is 6.66. The van der Waals surface area contributed by atoms with E-state index in [9.17, 15) is 0 Å². The highest BCUT2D eigenvalue weighted by Gasteiger charge is 2.07. The van der Waals surface area contributed by atoms with Crippen molar-refractivity contribution in [1.82, 2.24) is 0 Å². The van der Waals surface area contributed by atoms with Crippen LogP contribution in [0.25, 0.3) is 0 Å². The summed E-state index contributed by atoms with van der Waals surface area (Å²) in [5.74, 6) is 0. The number of fused-ring (bicyclic) bond motifs is 1. The van der Waals surface area contributed by atoms with E-state index in [1.165, 1.54) is 16.7 Å². The van der Waals surface area contributed by atoms with Gasteiger partial charge in [-0.1, -0.05) is 36.0 Å². The fourth-order valence-corrected chi connectivity index (χ4v) is 1.41. The van der Waals surface area contributed by atoms with E-state index in [0.717, 1.165) is 6.42 Å². The highest BCUT2D eigenvalue weighted by molar-refractivity contribution is 5.56. The van der Waals surface area contributed by atoms with Crippen molar-refractivity contribution in [2.75, 3.05) is 0 Å². The summed E-state index contributed by atoms with van der Waals surface area (Å²) in [5, 5.41) is 0. The van der Waals surface area contributed by atoms with Crippen LogP contribution < -0.4 is 0 Å². The Morgan fingerprint density at radius 3 is 3.09 bits per heavy atom. The minimum atomic E-state index is 1.08. The molecule has 0 N–H and O–H groups in total. The second-order valence-corrected chi connectivity index (χ2v) is 2.97. The highest BCUT2D eigenvalue weighted by atomic mass is 14.1. The van der Waals surface area contributed by atoms with Crippen molar-refractivity contribution in [3.8, 4) is 0 Å². The van der Waals surface area contributed by atoms with Crippen molar-refractivity contribution < 1.29 is 0 Å². The summed E-state index contributed by atoms with van der Waals surface area (Å²) in [6.45, 7) is 2.13. The lowest BCUT2D eigenvalue weighted by Gasteiger charge is -2.14. The van der Waals surface area contributed by atoms with Crippen LogP contribution >= 0.6 is 0 Å². The third-order valence-corrected chi connectivity index (χ3v) is 2.01. The van der Waals surface area contributed by atoms with Gasteiger partial charge >= 0.3 is 0 Å². The Balaban J connectivity index is 2.36. The summed E-state index contributed by atoms with van der Waals surface area (Å²) < 4.78 is 0. The molecule has 2 aliphatic rings. The van der Waals surface area contributed by atoms with Crippen molar-refractivity contribution >= 4 is 0 Å². The van der Waals surface area contributed by atoms with E-state index in [0.29, 0.717) is 0 Å². The zero-order valence-electron chi connectivity index (χ0n) is 6.67. The van der Waals surface area contributed by atoms with Gasteiger partial charge in [-0.3, -0.25) is 0 Å². The van der Waals surface area contributed by atoms with E-state index >= 15 is 0 Å².